The van der Waals surface area contributed by atoms with Crippen LogP contribution in [0.25, 0.3) is 0 Å². The molecule has 2 nitrogen and oxygen atoms in total. The minimum atomic E-state index is -0.0908. The Kier molecular flexibility index (Phi) is 5.52. The molecule has 2 rings (SSSR count). The molecule has 0 saturated carbocycles. The molecule has 1 aliphatic heterocycles. The van der Waals surface area contributed by atoms with Crippen molar-refractivity contribution in [3.63, 3.8) is 0 Å². The van der Waals surface area contributed by atoms with Gasteiger partial charge in [0.25, 0.3) is 0 Å². The van der Waals surface area contributed by atoms with Crippen LogP contribution >= 0.6 is 11.8 Å². The number of nitrogens with zero attached hydrogens (tertiary/aromatic N) is 1. The molecule has 19 heavy (non-hydrogen) atoms. The molecule has 1 aliphatic rings. The molecular weight excluding hydrogens is 259 g/mol. The average molecular weight is 282 g/mol. The van der Waals surface area contributed by atoms with E-state index in [1.165, 1.54) is 0 Å². The molecule has 1 fully saturated rings. The quantitative estimate of drug-likeness (QED) is 0.893. The first-order chi connectivity index (χ1) is 9.18. The van der Waals surface area contributed by atoms with Gasteiger partial charge in [-0.3, -0.25) is 0 Å². The first-order valence-electron chi connectivity index (χ1n) is 6.99. The number of benzene rings is 1. The van der Waals surface area contributed by atoms with Gasteiger partial charge in [0.05, 0.1) is 0 Å². The minimum Gasteiger partial charge on any atom is -0.370 e. The molecule has 1 N–H and O–H groups in total. The Hall–Kier alpha value is -0.740. The van der Waals surface area contributed by atoms with Crippen LogP contribution < -0.4 is 10.2 Å². The number of rotatable bonds is 5. The minimum absolute atomic E-state index is 0.0908. The second-order valence-corrected chi connectivity index (χ2v) is 6.59. The molecule has 1 aromatic carbocycles. The second-order valence-electron chi connectivity index (χ2n) is 5.36. The second kappa shape index (κ2) is 7.15. The van der Waals surface area contributed by atoms with E-state index in [4.69, 9.17) is 0 Å². The number of hydrogen-bond donors (Lipinski definition) is 1. The Labute approximate surface area is 119 Å². The summed E-state index contributed by atoms with van der Waals surface area (Å²) in [5.41, 5.74) is 1.88. The third kappa shape index (κ3) is 4.11. The number of nitrogens with one attached hydrogen (secondary N) is 1. The van der Waals surface area contributed by atoms with Gasteiger partial charge in [0.1, 0.15) is 5.82 Å². The van der Waals surface area contributed by atoms with E-state index in [2.05, 4.69) is 24.1 Å². The van der Waals surface area contributed by atoms with E-state index in [0.29, 0.717) is 12.5 Å². The molecule has 0 atom stereocenters. The maximum absolute atomic E-state index is 14.1. The Bertz CT molecular complexity index is 403. The van der Waals surface area contributed by atoms with Gasteiger partial charge in [-0.25, -0.2) is 4.39 Å². The molecule has 0 radical (unpaired) electrons. The molecule has 0 spiro atoms. The van der Waals surface area contributed by atoms with Crippen LogP contribution in [0.4, 0.5) is 10.1 Å². The normalized spacial score (nSPS) is 16.1. The van der Waals surface area contributed by atoms with E-state index < -0.39 is 0 Å². The van der Waals surface area contributed by atoms with Crippen LogP contribution in [0.2, 0.25) is 0 Å². The lowest BCUT2D eigenvalue weighted by Crippen LogP contribution is -2.34. The van der Waals surface area contributed by atoms with Gasteiger partial charge in [-0.15, -0.1) is 0 Å². The van der Waals surface area contributed by atoms with Crippen LogP contribution in [0.1, 0.15) is 19.4 Å². The van der Waals surface area contributed by atoms with Crippen molar-refractivity contribution in [3.8, 4) is 0 Å². The van der Waals surface area contributed by atoms with Crippen LogP contribution in [-0.2, 0) is 6.54 Å². The zero-order valence-electron chi connectivity index (χ0n) is 11.8. The van der Waals surface area contributed by atoms with Crippen LogP contribution in [0.3, 0.4) is 0 Å². The lowest BCUT2D eigenvalue weighted by atomic mass is 10.1. The molecular formula is C15H23FN2S. The maximum Gasteiger partial charge on any atom is 0.129 e. The van der Waals surface area contributed by atoms with Gasteiger partial charge >= 0.3 is 0 Å². The number of halogens is 1. The van der Waals surface area contributed by atoms with Crippen molar-refractivity contribution in [2.75, 3.05) is 36.0 Å². The maximum atomic E-state index is 14.1. The van der Waals surface area contributed by atoms with Gasteiger partial charge in [-0.1, -0.05) is 19.9 Å². The van der Waals surface area contributed by atoms with E-state index in [1.807, 2.05) is 23.9 Å². The van der Waals surface area contributed by atoms with Gasteiger partial charge in [-0.2, -0.15) is 11.8 Å². The molecule has 0 bridgehead atoms. The van der Waals surface area contributed by atoms with Crippen LogP contribution in [0, 0.1) is 11.7 Å². The average Bonchev–Trinajstić information content (AvgIpc) is 2.41. The van der Waals surface area contributed by atoms with E-state index in [9.17, 15) is 4.39 Å². The molecule has 0 aliphatic carbocycles. The summed E-state index contributed by atoms with van der Waals surface area (Å²) in [5.74, 6) is 2.76. The van der Waals surface area contributed by atoms with Crippen molar-refractivity contribution in [3.05, 3.63) is 29.6 Å². The molecule has 1 heterocycles. The fourth-order valence-corrected chi connectivity index (χ4v) is 3.21. The molecule has 0 amide bonds. The van der Waals surface area contributed by atoms with Gasteiger partial charge in [-0.05, 0) is 24.6 Å². The topological polar surface area (TPSA) is 15.3 Å². The lowest BCUT2D eigenvalue weighted by molar-refractivity contribution is 0.534. The van der Waals surface area contributed by atoms with Crippen molar-refractivity contribution >= 4 is 17.4 Å². The highest BCUT2D eigenvalue weighted by molar-refractivity contribution is 7.99. The molecule has 0 unspecified atom stereocenters. The summed E-state index contributed by atoms with van der Waals surface area (Å²) < 4.78 is 14.1. The van der Waals surface area contributed by atoms with Crippen LogP contribution in [-0.4, -0.2) is 31.1 Å². The zero-order valence-corrected chi connectivity index (χ0v) is 12.6. The summed E-state index contributed by atoms with van der Waals surface area (Å²) in [7, 11) is 0. The first kappa shape index (κ1) is 14.7. The molecule has 1 saturated heterocycles. The molecule has 0 aromatic heterocycles. The molecule has 4 heteroatoms. The highest BCUT2D eigenvalue weighted by Gasteiger charge is 2.16. The standard InChI is InChI=1S/C15H23FN2S/c1-12(2)10-17-11-13-14(16)4-3-5-15(13)18-6-8-19-9-7-18/h3-5,12,17H,6-11H2,1-2H3. The fraction of sp³-hybridized carbons (Fsp3) is 0.600. The summed E-state index contributed by atoms with van der Waals surface area (Å²) >= 11 is 1.97. The predicted molar refractivity (Wildman–Crippen MR) is 82.5 cm³/mol. The van der Waals surface area contributed by atoms with Crippen molar-refractivity contribution in [1.29, 1.82) is 0 Å². The first-order valence-corrected chi connectivity index (χ1v) is 8.14. The van der Waals surface area contributed by atoms with Gasteiger partial charge in [0.2, 0.25) is 0 Å². The monoisotopic (exact) mass is 282 g/mol. The number of anilines is 1. The largest absolute Gasteiger partial charge is 0.370 e. The summed E-state index contributed by atoms with van der Waals surface area (Å²) in [4.78, 5) is 2.31. The Morgan fingerprint density at radius 2 is 2.05 bits per heavy atom. The highest BCUT2D eigenvalue weighted by Crippen LogP contribution is 2.25. The zero-order chi connectivity index (χ0) is 13.7. The summed E-state index contributed by atoms with van der Waals surface area (Å²) in [6, 6.07) is 5.43. The Morgan fingerprint density at radius 3 is 2.74 bits per heavy atom. The SMILES string of the molecule is CC(C)CNCc1c(F)cccc1N1CCSCC1. The van der Waals surface area contributed by atoms with Gasteiger partial charge in [0, 0.05) is 42.4 Å². The van der Waals surface area contributed by atoms with Crippen molar-refractivity contribution < 1.29 is 4.39 Å². The van der Waals surface area contributed by atoms with Crippen molar-refractivity contribution in [2.45, 2.75) is 20.4 Å². The van der Waals surface area contributed by atoms with Gasteiger partial charge < -0.3 is 10.2 Å². The third-order valence-electron chi connectivity index (χ3n) is 3.30. The highest BCUT2D eigenvalue weighted by atomic mass is 32.2. The predicted octanol–water partition coefficient (Wildman–Crippen LogP) is 3.12. The molecule has 106 valence electrons. The summed E-state index contributed by atoms with van der Waals surface area (Å²) in [5, 5.41) is 3.35. The van der Waals surface area contributed by atoms with Crippen molar-refractivity contribution in [2.24, 2.45) is 5.92 Å². The van der Waals surface area contributed by atoms with E-state index in [0.717, 1.165) is 42.4 Å². The fourth-order valence-electron chi connectivity index (χ4n) is 2.31. The lowest BCUT2D eigenvalue weighted by Gasteiger charge is -2.30. The van der Waals surface area contributed by atoms with Crippen LogP contribution in [0.15, 0.2) is 18.2 Å². The smallest absolute Gasteiger partial charge is 0.129 e. The number of hydrogen-bond acceptors (Lipinski definition) is 3. The van der Waals surface area contributed by atoms with E-state index >= 15 is 0 Å². The third-order valence-corrected chi connectivity index (χ3v) is 4.24. The van der Waals surface area contributed by atoms with E-state index in [-0.39, 0.29) is 5.82 Å². The Balaban J connectivity index is 2.10. The van der Waals surface area contributed by atoms with Crippen molar-refractivity contribution in [1.82, 2.24) is 5.32 Å². The number of thioether (sulfide) groups is 1. The van der Waals surface area contributed by atoms with Crippen LogP contribution in [0.5, 0.6) is 0 Å². The summed E-state index contributed by atoms with van der Waals surface area (Å²) in [6.07, 6.45) is 0. The van der Waals surface area contributed by atoms with Gasteiger partial charge in [0.15, 0.2) is 0 Å². The van der Waals surface area contributed by atoms with E-state index in [1.54, 1.807) is 6.07 Å². The Morgan fingerprint density at radius 1 is 1.32 bits per heavy atom. The molecule has 1 aromatic rings. The summed E-state index contributed by atoms with van der Waals surface area (Å²) in [6.45, 7) is 7.90.